The standard InChI is InChI=1S/C30H24ClNO3S/c1-19-7-12-28(23(31)15-19)35-18-22-16-20(9-13-27(22)34-2)8-11-26(33)21-10-14-30-25(17-21)32-24-5-3-4-6-29(24)36-30/h3-17,32H,18H2,1-2H3/b11-8+. The van der Waals surface area contributed by atoms with Gasteiger partial charge in [0.2, 0.25) is 0 Å². The second-order valence-corrected chi connectivity index (χ2v) is 9.92. The fraction of sp³-hybridized carbons (Fsp3) is 0.100. The van der Waals surface area contributed by atoms with Crippen molar-refractivity contribution in [1.82, 2.24) is 0 Å². The van der Waals surface area contributed by atoms with Gasteiger partial charge in [-0.25, -0.2) is 0 Å². The molecule has 1 aliphatic heterocycles. The highest BCUT2D eigenvalue weighted by atomic mass is 35.5. The van der Waals surface area contributed by atoms with E-state index >= 15 is 0 Å². The molecule has 36 heavy (non-hydrogen) atoms. The molecule has 1 N–H and O–H groups in total. The van der Waals surface area contributed by atoms with Crippen molar-refractivity contribution in [2.75, 3.05) is 12.4 Å². The van der Waals surface area contributed by atoms with Gasteiger partial charge in [0, 0.05) is 20.9 Å². The van der Waals surface area contributed by atoms with Crippen molar-refractivity contribution >= 4 is 46.6 Å². The fourth-order valence-corrected chi connectivity index (χ4v) is 5.21. The molecule has 4 aromatic carbocycles. The summed E-state index contributed by atoms with van der Waals surface area (Å²) in [5, 5.41) is 4.00. The number of ether oxygens (including phenoxy) is 2. The lowest BCUT2D eigenvalue weighted by atomic mass is 10.1. The molecule has 1 aliphatic rings. The second kappa shape index (κ2) is 10.5. The van der Waals surface area contributed by atoms with E-state index < -0.39 is 0 Å². The quantitative estimate of drug-likeness (QED) is 0.175. The Labute approximate surface area is 219 Å². The van der Waals surface area contributed by atoms with Gasteiger partial charge in [-0.1, -0.05) is 53.7 Å². The van der Waals surface area contributed by atoms with Gasteiger partial charge in [-0.15, -0.1) is 0 Å². The number of carbonyl (C=O) groups is 1. The van der Waals surface area contributed by atoms with Crippen LogP contribution in [0.25, 0.3) is 6.08 Å². The maximum atomic E-state index is 12.9. The van der Waals surface area contributed by atoms with Crippen LogP contribution in [0, 0.1) is 6.92 Å². The van der Waals surface area contributed by atoms with Crippen LogP contribution in [0.4, 0.5) is 11.4 Å². The van der Waals surface area contributed by atoms with Gasteiger partial charge in [-0.05, 0) is 78.7 Å². The molecule has 0 fully saturated rings. The molecule has 1 heterocycles. The number of para-hydroxylation sites is 1. The molecule has 180 valence electrons. The van der Waals surface area contributed by atoms with Crippen LogP contribution in [0.15, 0.2) is 94.7 Å². The number of ketones is 1. The summed E-state index contributed by atoms with van der Waals surface area (Å²) in [6.07, 6.45) is 3.40. The Morgan fingerprint density at radius 1 is 0.944 bits per heavy atom. The smallest absolute Gasteiger partial charge is 0.185 e. The minimum absolute atomic E-state index is 0.0662. The van der Waals surface area contributed by atoms with Gasteiger partial charge in [0.1, 0.15) is 18.1 Å². The van der Waals surface area contributed by atoms with E-state index in [2.05, 4.69) is 11.4 Å². The molecular formula is C30H24ClNO3S. The van der Waals surface area contributed by atoms with Crippen LogP contribution in [0.2, 0.25) is 5.02 Å². The van der Waals surface area contributed by atoms with Crippen molar-refractivity contribution in [1.29, 1.82) is 0 Å². The second-order valence-electron chi connectivity index (χ2n) is 8.43. The molecule has 0 radical (unpaired) electrons. The van der Waals surface area contributed by atoms with Gasteiger partial charge in [0.05, 0.1) is 23.5 Å². The first kappa shape index (κ1) is 24.0. The third-order valence-electron chi connectivity index (χ3n) is 5.84. The van der Waals surface area contributed by atoms with E-state index in [1.165, 1.54) is 4.90 Å². The van der Waals surface area contributed by atoms with E-state index in [0.717, 1.165) is 33.0 Å². The highest BCUT2D eigenvalue weighted by Crippen LogP contribution is 2.44. The van der Waals surface area contributed by atoms with Gasteiger partial charge in [-0.3, -0.25) is 4.79 Å². The molecule has 4 aromatic rings. The molecule has 5 rings (SSSR count). The summed E-state index contributed by atoms with van der Waals surface area (Å²) in [6, 6.07) is 25.3. The molecule has 0 amide bonds. The summed E-state index contributed by atoms with van der Waals surface area (Å²) < 4.78 is 11.4. The number of nitrogens with one attached hydrogen (secondary N) is 1. The van der Waals surface area contributed by atoms with Crippen LogP contribution in [0.3, 0.4) is 0 Å². The third-order valence-corrected chi connectivity index (χ3v) is 7.29. The lowest BCUT2D eigenvalue weighted by molar-refractivity contribution is 0.104. The Kier molecular flexibility index (Phi) is 7.03. The summed E-state index contributed by atoms with van der Waals surface area (Å²) in [5.74, 6) is 1.26. The zero-order valence-electron chi connectivity index (χ0n) is 19.9. The van der Waals surface area contributed by atoms with Crippen LogP contribution >= 0.6 is 23.4 Å². The summed E-state index contributed by atoms with van der Waals surface area (Å²) in [4.78, 5) is 15.2. The Bertz CT molecular complexity index is 1480. The summed E-state index contributed by atoms with van der Waals surface area (Å²) >= 11 is 8.00. The van der Waals surface area contributed by atoms with Crippen molar-refractivity contribution in [3.05, 3.63) is 112 Å². The van der Waals surface area contributed by atoms with Gasteiger partial charge < -0.3 is 14.8 Å². The van der Waals surface area contributed by atoms with Gasteiger partial charge in [0.25, 0.3) is 0 Å². The predicted molar refractivity (Wildman–Crippen MR) is 147 cm³/mol. The first-order chi connectivity index (χ1) is 17.5. The Balaban J connectivity index is 1.31. The number of allylic oxidation sites excluding steroid dienone is 1. The molecule has 0 aliphatic carbocycles. The number of halogens is 1. The van der Waals surface area contributed by atoms with Gasteiger partial charge in [-0.2, -0.15) is 0 Å². The lowest BCUT2D eigenvalue weighted by Crippen LogP contribution is -2.02. The maximum Gasteiger partial charge on any atom is 0.185 e. The molecule has 4 nitrogen and oxygen atoms in total. The molecule has 0 spiro atoms. The predicted octanol–water partition coefficient (Wildman–Crippen LogP) is 8.34. The highest BCUT2D eigenvalue weighted by molar-refractivity contribution is 7.99. The van der Waals surface area contributed by atoms with E-state index in [-0.39, 0.29) is 12.4 Å². The topological polar surface area (TPSA) is 47.6 Å². The lowest BCUT2D eigenvalue weighted by Gasteiger charge is -2.20. The van der Waals surface area contributed by atoms with Gasteiger partial charge in [0.15, 0.2) is 5.78 Å². The highest BCUT2D eigenvalue weighted by Gasteiger charge is 2.16. The SMILES string of the molecule is COc1ccc(/C=C/C(=O)c2ccc3c(c2)Nc2ccccc2S3)cc1COc1ccc(C)cc1Cl. The Hall–Kier alpha value is -3.67. The normalized spacial score (nSPS) is 12.0. The molecule has 0 bridgehead atoms. The first-order valence-electron chi connectivity index (χ1n) is 11.5. The van der Waals surface area contributed by atoms with Crippen molar-refractivity contribution in [3.63, 3.8) is 0 Å². The van der Waals surface area contributed by atoms with Crippen molar-refractivity contribution < 1.29 is 14.3 Å². The van der Waals surface area contributed by atoms with E-state index in [1.54, 1.807) is 31.0 Å². The zero-order valence-corrected chi connectivity index (χ0v) is 21.5. The summed E-state index contributed by atoms with van der Waals surface area (Å²) in [7, 11) is 1.62. The number of hydrogen-bond donors (Lipinski definition) is 1. The van der Waals surface area contributed by atoms with Crippen molar-refractivity contribution in [2.24, 2.45) is 0 Å². The number of anilines is 2. The zero-order chi connectivity index (χ0) is 25.1. The Morgan fingerprint density at radius 3 is 2.58 bits per heavy atom. The fourth-order valence-electron chi connectivity index (χ4n) is 3.95. The van der Waals surface area contributed by atoms with Crippen molar-refractivity contribution in [3.8, 4) is 11.5 Å². The summed E-state index contributed by atoms with van der Waals surface area (Å²) in [5.41, 5.74) is 5.42. The van der Waals surface area contributed by atoms with Crippen LogP contribution in [-0.2, 0) is 6.61 Å². The average Bonchev–Trinajstić information content (AvgIpc) is 2.89. The van der Waals surface area contributed by atoms with E-state index in [1.807, 2.05) is 79.7 Å². The monoisotopic (exact) mass is 513 g/mol. The molecule has 0 saturated heterocycles. The minimum atomic E-state index is -0.0662. The molecule has 6 heteroatoms. The van der Waals surface area contributed by atoms with E-state index in [4.69, 9.17) is 21.1 Å². The summed E-state index contributed by atoms with van der Waals surface area (Å²) in [6.45, 7) is 2.27. The number of aryl methyl sites for hydroxylation is 1. The van der Waals surface area contributed by atoms with Crippen LogP contribution in [-0.4, -0.2) is 12.9 Å². The third kappa shape index (κ3) is 5.27. The van der Waals surface area contributed by atoms with Crippen molar-refractivity contribution in [2.45, 2.75) is 23.3 Å². The number of benzene rings is 4. The largest absolute Gasteiger partial charge is 0.496 e. The van der Waals surface area contributed by atoms with Gasteiger partial charge >= 0.3 is 0 Å². The molecule has 0 unspecified atom stereocenters. The molecular weight excluding hydrogens is 490 g/mol. The number of rotatable bonds is 7. The number of fused-ring (bicyclic) bond motifs is 2. The number of carbonyl (C=O) groups excluding carboxylic acids is 1. The van der Waals surface area contributed by atoms with E-state index in [9.17, 15) is 4.79 Å². The van der Waals surface area contributed by atoms with Crippen LogP contribution in [0.5, 0.6) is 11.5 Å². The first-order valence-corrected chi connectivity index (χ1v) is 12.7. The average molecular weight is 514 g/mol. The molecule has 0 saturated carbocycles. The van der Waals surface area contributed by atoms with E-state index in [0.29, 0.717) is 22.1 Å². The number of methoxy groups -OCH3 is 1. The van der Waals surface area contributed by atoms with Crippen LogP contribution < -0.4 is 14.8 Å². The maximum absolute atomic E-state index is 12.9. The molecule has 0 aromatic heterocycles. The Morgan fingerprint density at radius 2 is 1.75 bits per heavy atom. The number of hydrogen-bond acceptors (Lipinski definition) is 5. The van der Waals surface area contributed by atoms with Crippen LogP contribution in [0.1, 0.15) is 27.0 Å². The minimum Gasteiger partial charge on any atom is -0.496 e. The molecule has 0 atom stereocenters.